The summed E-state index contributed by atoms with van der Waals surface area (Å²) in [4.78, 5) is 25.1. The number of rotatable bonds is 4. The third-order valence-electron chi connectivity index (χ3n) is 6.22. The molecule has 2 atom stereocenters. The van der Waals surface area contributed by atoms with E-state index >= 15 is 0 Å². The highest BCUT2D eigenvalue weighted by molar-refractivity contribution is 14.1. The lowest BCUT2D eigenvalue weighted by Gasteiger charge is -2.58. The van der Waals surface area contributed by atoms with Gasteiger partial charge in [0.15, 0.2) is 6.61 Å². The van der Waals surface area contributed by atoms with Crippen LogP contribution >= 0.6 is 38.5 Å². The molecule has 1 aromatic rings. The average Bonchev–Trinajstić information content (AvgIpc) is 2.53. The van der Waals surface area contributed by atoms with Crippen molar-refractivity contribution in [2.75, 3.05) is 11.9 Å². The zero-order valence-electron chi connectivity index (χ0n) is 14.8. The summed E-state index contributed by atoms with van der Waals surface area (Å²) in [6.07, 6.45) is 6.29. The van der Waals surface area contributed by atoms with E-state index in [1.807, 2.05) is 25.1 Å². The maximum absolute atomic E-state index is 12.9. The molecule has 0 aliphatic heterocycles. The van der Waals surface area contributed by atoms with Crippen LogP contribution in [0.1, 0.15) is 44.1 Å². The SMILES string of the molecule is Cc1cc(I)ccc1NC(=O)COC(=O)C12CC3CC(CC(Br)(C3)C1)C2. The van der Waals surface area contributed by atoms with Crippen LogP contribution in [0.15, 0.2) is 18.2 Å². The Bertz CT molecular complexity index is 751. The fourth-order valence-electron chi connectivity index (χ4n) is 5.63. The van der Waals surface area contributed by atoms with E-state index in [2.05, 4.69) is 43.8 Å². The number of hydrogen-bond donors (Lipinski definition) is 1. The predicted octanol–water partition coefficient (Wildman–Crippen LogP) is 4.82. The van der Waals surface area contributed by atoms with Gasteiger partial charge in [-0.15, -0.1) is 0 Å². The Balaban J connectivity index is 1.37. The van der Waals surface area contributed by atoms with E-state index in [1.54, 1.807) is 0 Å². The van der Waals surface area contributed by atoms with Crippen LogP contribution in [0.25, 0.3) is 0 Å². The van der Waals surface area contributed by atoms with E-state index in [0.717, 1.165) is 34.1 Å². The van der Waals surface area contributed by atoms with Crippen LogP contribution in [0.4, 0.5) is 5.69 Å². The molecule has 4 nitrogen and oxygen atoms in total. The van der Waals surface area contributed by atoms with Crippen molar-refractivity contribution in [3.05, 3.63) is 27.3 Å². The maximum Gasteiger partial charge on any atom is 0.312 e. The number of alkyl halides is 1. The second-order valence-electron chi connectivity index (χ2n) is 8.48. The van der Waals surface area contributed by atoms with Gasteiger partial charge in [-0.2, -0.15) is 0 Å². The molecule has 4 aliphatic carbocycles. The number of benzene rings is 1. The first kappa shape index (κ1) is 18.7. The molecule has 4 saturated carbocycles. The van der Waals surface area contributed by atoms with Gasteiger partial charge in [0.1, 0.15) is 0 Å². The Morgan fingerprint density at radius 3 is 2.58 bits per heavy atom. The Hall–Kier alpha value is -0.630. The molecule has 1 amide bonds. The van der Waals surface area contributed by atoms with Crippen LogP contribution in [0.2, 0.25) is 0 Å². The third kappa shape index (κ3) is 3.55. The number of carbonyl (C=O) groups is 2. The molecule has 4 bridgehead atoms. The summed E-state index contributed by atoms with van der Waals surface area (Å²) in [5, 5.41) is 2.85. The minimum Gasteiger partial charge on any atom is -0.455 e. The van der Waals surface area contributed by atoms with Gasteiger partial charge in [-0.05, 0) is 104 Å². The van der Waals surface area contributed by atoms with E-state index < -0.39 is 0 Å². The maximum atomic E-state index is 12.9. The molecule has 2 unspecified atom stereocenters. The minimum absolute atomic E-state index is 0.108. The number of hydrogen-bond acceptors (Lipinski definition) is 3. The predicted molar refractivity (Wildman–Crippen MR) is 112 cm³/mol. The van der Waals surface area contributed by atoms with Gasteiger partial charge < -0.3 is 10.1 Å². The zero-order valence-corrected chi connectivity index (χ0v) is 18.6. The first-order valence-electron chi connectivity index (χ1n) is 9.19. The lowest BCUT2D eigenvalue weighted by Crippen LogP contribution is -2.56. The van der Waals surface area contributed by atoms with E-state index in [9.17, 15) is 9.59 Å². The fourth-order valence-corrected chi connectivity index (χ4v) is 7.73. The van der Waals surface area contributed by atoms with Gasteiger partial charge in [0.05, 0.1) is 5.41 Å². The number of amides is 1. The molecule has 4 fully saturated rings. The molecule has 0 spiro atoms. The Morgan fingerprint density at radius 2 is 1.96 bits per heavy atom. The van der Waals surface area contributed by atoms with Crippen LogP contribution in [0.5, 0.6) is 0 Å². The first-order chi connectivity index (χ1) is 12.3. The summed E-state index contributed by atoms with van der Waals surface area (Å²) in [6, 6.07) is 5.83. The van der Waals surface area contributed by atoms with Gasteiger partial charge in [-0.25, -0.2) is 0 Å². The molecule has 0 heterocycles. The summed E-state index contributed by atoms with van der Waals surface area (Å²) >= 11 is 6.15. The van der Waals surface area contributed by atoms with Crippen molar-refractivity contribution in [2.24, 2.45) is 17.3 Å². The molecular formula is C20H23BrINO3. The summed E-state index contributed by atoms with van der Waals surface area (Å²) in [5.41, 5.74) is 1.38. The summed E-state index contributed by atoms with van der Waals surface area (Å²) in [7, 11) is 0. The number of nitrogens with one attached hydrogen (secondary N) is 1. The summed E-state index contributed by atoms with van der Waals surface area (Å²) < 4.78 is 6.72. The van der Waals surface area contributed by atoms with Crippen molar-refractivity contribution in [3.8, 4) is 0 Å². The van der Waals surface area contributed by atoms with Crippen LogP contribution in [-0.2, 0) is 14.3 Å². The van der Waals surface area contributed by atoms with Gasteiger partial charge in [0.2, 0.25) is 0 Å². The van der Waals surface area contributed by atoms with Crippen molar-refractivity contribution in [1.29, 1.82) is 0 Å². The van der Waals surface area contributed by atoms with Crippen molar-refractivity contribution in [1.82, 2.24) is 0 Å². The number of anilines is 1. The molecule has 140 valence electrons. The lowest BCUT2D eigenvalue weighted by atomic mass is 9.49. The van der Waals surface area contributed by atoms with Crippen LogP contribution in [-0.4, -0.2) is 22.8 Å². The molecule has 26 heavy (non-hydrogen) atoms. The second kappa shape index (κ2) is 6.76. The van der Waals surface area contributed by atoms with Crippen molar-refractivity contribution in [3.63, 3.8) is 0 Å². The molecule has 6 heteroatoms. The number of esters is 1. The van der Waals surface area contributed by atoms with E-state index in [-0.39, 0.29) is 28.2 Å². The van der Waals surface area contributed by atoms with E-state index in [0.29, 0.717) is 11.8 Å². The summed E-state index contributed by atoms with van der Waals surface area (Å²) in [6.45, 7) is 1.74. The summed E-state index contributed by atoms with van der Waals surface area (Å²) in [5.74, 6) is 0.781. The van der Waals surface area contributed by atoms with Gasteiger partial charge in [0, 0.05) is 13.6 Å². The van der Waals surface area contributed by atoms with Gasteiger partial charge in [0.25, 0.3) is 5.91 Å². The zero-order chi connectivity index (χ0) is 18.5. The van der Waals surface area contributed by atoms with Crippen LogP contribution in [0, 0.1) is 27.7 Å². The molecule has 0 radical (unpaired) electrons. The molecule has 4 aliphatic rings. The molecule has 5 rings (SSSR count). The Morgan fingerprint density at radius 1 is 1.27 bits per heavy atom. The third-order valence-corrected chi connectivity index (χ3v) is 7.82. The average molecular weight is 532 g/mol. The minimum atomic E-state index is -0.382. The standard InChI is InChI=1S/C20H23BrINO3/c1-12-4-15(22)2-3-16(12)23-17(24)10-26-18(25)19-6-13-5-14(7-19)9-20(21,8-13)11-19/h2-4,13-14H,5-11H2,1H3,(H,23,24). The van der Waals surface area contributed by atoms with Crippen molar-refractivity contribution < 1.29 is 14.3 Å². The van der Waals surface area contributed by atoms with Gasteiger partial charge in [-0.1, -0.05) is 15.9 Å². The van der Waals surface area contributed by atoms with Crippen molar-refractivity contribution in [2.45, 2.75) is 49.8 Å². The van der Waals surface area contributed by atoms with Gasteiger partial charge >= 0.3 is 5.97 Å². The highest BCUT2D eigenvalue weighted by Gasteiger charge is 2.60. The Kier molecular flexibility index (Phi) is 4.87. The molecule has 1 N–H and O–H groups in total. The molecular weight excluding hydrogens is 509 g/mol. The normalized spacial score (nSPS) is 34.6. The monoisotopic (exact) mass is 531 g/mol. The highest BCUT2D eigenvalue weighted by atomic mass is 127. The molecule has 0 aromatic heterocycles. The smallest absolute Gasteiger partial charge is 0.312 e. The quantitative estimate of drug-likeness (QED) is 0.344. The number of aryl methyl sites for hydroxylation is 1. The fraction of sp³-hybridized carbons (Fsp3) is 0.600. The van der Waals surface area contributed by atoms with Crippen LogP contribution < -0.4 is 5.32 Å². The molecule has 0 saturated heterocycles. The molecule has 1 aromatic carbocycles. The first-order valence-corrected chi connectivity index (χ1v) is 11.1. The second-order valence-corrected chi connectivity index (χ2v) is 11.4. The topological polar surface area (TPSA) is 55.4 Å². The van der Waals surface area contributed by atoms with E-state index in [1.165, 1.54) is 19.3 Å². The van der Waals surface area contributed by atoms with Crippen molar-refractivity contribution >= 4 is 56.1 Å². The number of carbonyl (C=O) groups excluding carboxylic acids is 2. The van der Waals surface area contributed by atoms with Gasteiger partial charge in [-0.3, -0.25) is 9.59 Å². The largest absolute Gasteiger partial charge is 0.455 e. The highest BCUT2D eigenvalue weighted by Crippen LogP contribution is 2.64. The lowest BCUT2D eigenvalue weighted by molar-refractivity contribution is -0.170. The number of halogens is 2. The van der Waals surface area contributed by atoms with Crippen LogP contribution in [0.3, 0.4) is 0 Å². The number of ether oxygens (including phenoxy) is 1. The Labute approximate surface area is 176 Å². The van der Waals surface area contributed by atoms with E-state index in [4.69, 9.17) is 4.74 Å².